The second-order valence-corrected chi connectivity index (χ2v) is 7.08. The fraction of sp³-hybridized carbons (Fsp3) is 0.750. The molecular weight excluding hydrogens is 266 g/mol. The van der Waals surface area contributed by atoms with Crippen LogP contribution in [0.3, 0.4) is 0 Å². The molecule has 0 atom stereocenters. The van der Waals surface area contributed by atoms with Crippen LogP contribution < -0.4 is 0 Å². The number of carbonyl (C=O) groups excluding carboxylic acids is 1. The molecule has 1 aliphatic rings. The molecule has 0 unspecified atom stereocenters. The van der Waals surface area contributed by atoms with Gasteiger partial charge in [-0.05, 0) is 20.5 Å². The molecule has 0 bridgehead atoms. The third kappa shape index (κ3) is 5.30. The number of carbonyl (C=O) groups is 1. The first-order chi connectivity index (χ1) is 8.83. The fourth-order valence-electron chi connectivity index (χ4n) is 1.81. The van der Waals surface area contributed by atoms with E-state index < -0.39 is 10.0 Å². The Morgan fingerprint density at radius 1 is 1.32 bits per heavy atom. The first kappa shape index (κ1) is 16.1. The predicted octanol–water partition coefficient (Wildman–Crippen LogP) is -0.402. The molecule has 0 aromatic heterocycles. The van der Waals surface area contributed by atoms with Crippen molar-refractivity contribution in [2.24, 2.45) is 0 Å². The van der Waals surface area contributed by atoms with Gasteiger partial charge in [0, 0.05) is 39.3 Å². The number of amides is 1. The number of rotatable bonds is 6. The maximum Gasteiger partial charge on any atom is 0.246 e. The lowest BCUT2D eigenvalue weighted by molar-refractivity contribution is -0.124. The Morgan fingerprint density at radius 2 is 2.00 bits per heavy atom. The summed E-state index contributed by atoms with van der Waals surface area (Å²) in [6.45, 7) is 2.08. The van der Waals surface area contributed by atoms with Gasteiger partial charge in [0.1, 0.15) is 0 Å². The number of hydrogen-bond acceptors (Lipinski definition) is 4. The molecule has 1 heterocycles. The van der Waals surface area contributed by atoms with E-state index in [-0.39, 0.29) is 11.7 Å². The molecule has 0 spiro atoms. The first-order valence-electron chi connectivity index (χ1n) is 6.37. The highest BCUT2D eigenvalue weighted by atomic mass is 32.2. The largest absolute Gasteiger partial charge is 0.341 e. The van der Waals surface area contributed by atoms with Crippen LogP contribution in [0.4, 0.5) is 0 Å². The molecule has 0 aliphatic carbocycles. The molecule has 0 aromatic rings. The second kappa shape index (κ2) is 7.02. The molecule has 0 aromatic carbocycles. The van der Waals surface area contributed by atoms with Gasteiger partial charge in [-0.2, -0.15) is 0 Å². The van der Waals surface area contributed by atoms with Crippen molar-refractivity contribution in [1.82, 2.24) is 14.1 Å². The van der Waals surface area contributed by atoms with Gasteiger partial charge in [0.05, 0.1) is 5.75 Å². The molecule has 110 valence electrons. The predicted molar refractivity (Wildman–Crippen MR) is 75.3 cm³/mol. The van der Waals surface area contributed by atoms with E-state index in [0.717, 1.165) is 0 Å². The van der Waals surface area contributed by atoms with Crippen LogP contribution in [0.25, 0.3) is 0 Å². The smallest absolute Gasteiger partial charge is 0.246 e. The van der Waals surface area contributed by atoms with E-state index in [0.29, 0.717) is 32.6 Å². The molecule has 1 saturated heterocycles. The first-order valence-corrected chi connectivity index (χ1v) is 7.98. The highest BCUT2D eigenvalue weighted by Crippen LogP contribution is 2.12. The zero-order valence-corrected chi connectivity index (χ0v) is 12.7. The quantitative estimate of drug-likeness (QED) is 0.624. The molecule has 0 N–H and O–H groups in total. The lowest BCUT2D eigenvalue weighted by atomic mass is 10.4. The van der Waals surface area contributed by atoms with Crippen LogP contribution in [0, 0.1) is 0 Å². The molecule has 1 rings (SSSR count). The van der Waals surface area contributed by atoms with Crippen molar-refractivity contribution in [3.63, 3.8) is 0 Å². The highest BCUT2D eigenvalue weighted by Gasteiger charge is 2.27. The Hall–Kier alpha value is -0.920. The third-order valence-corrected chi connectivity index (χ3v) is 4.95. The normalized spacial score (nSPS) is 19.4. The highest BCUT2D eigenvalue weighted by molar-refractivity contribution is 7.89. The molecule has 1 aliphatic heterocycles. The van der Waals surface area contributed by atoms with E-state index in [2.05, 4.69) is 0 Å². The van der Waals surface area contributed by atoms with Crippen LogP contribution in [0.15, 0.2) is 12.2 Å². The van der Waals surface area contributed by atoms with Gasteiger partial charge in [-0.1, -0.05) is 6.08 Å². The number of nitrogens with zero attached hydrogens (tertiary/aromatic N) is 3. The maximum atomic E-state index is 11.7. The molecule has 19 heavy (non-hydrogen) atoms. The Labute approximate surface area is 115 Å². The van der Waals surface area contributed by atoms with Gasteiger partial charge in [-0.3, -0.25) is 4.79 Å². The summed E-state index contributed by atoms with van der Waals surface area (Å²) in [6, 6.07) is 0. The van der Waals surface area contributed by atoms with E-state index in [1.807, 2.05) is 19.0 Å². The number of likely N-dealkylation sites (N-methyl/N-ethyl adjacent to an activating group) is 2. The van der Waals surface area contributed by atoms with Gasteiger partial charge >= 0.3 is 0 Å². The van der Waals surface area contributed by atoms with Crippen molar-refractivity contribution >= 4 is 15.9 Å². The van der Waals surface area contributed by atoms with Crippen LogP contribution in [0.5, 0.6) is 0 Å². The van der Waals surface area contributed by atoms with Gasteiger partial charge in [0.25, 0.3) is 0 Å². The Bertz CT molecular complexity index is 432. The zero-order chi connectivity index (χ0) is 14.5. The molecule has 7 heteroatoms. The molecule has 0 saturated carbocycles. The van der Waals surface area contributed by atoms with E-state index in [4.69, 9.17) is 0 Å². The summed E-state index contributed by atoms with van der Waals surface area (Å²) in [7, 11) is 2.47. The van der Waals surface area contributed by atoms with Crippen molar-refractivity contribution < 1.29 is 13.2 Å². The van der Waals surface area contributed by atoms with Crippen LogP contribution in [-0.4, -0.2) is 81.5 Å². The Balaban J connectivity index is 2.36. The minimum atomic E-state index is -3.07. The minimum Gasteiger partial charge on any atom is -0.341 e. The third-order valence-electron chi connectivity index (χ3n) is 3.00. The van der Waals surface area contributed by atoms with Gasteiger partial charge in [0.15, 0.2) is 0 Å². The topological polar surface area (TPSA) is 60.9 Å². The lowest BCUT2D eigenvalue weighted by Gasteiger charge is -2.20. The summed E-state index contributed by atoms with van der Waals surface area (Å²) in [5, 5.41) is 0. The van der Waals surface area contributed by atoms with E-state index in [1.54, 1.807) is 18.0 Å². The van der Waals surface area contributed by atoms with Crippen LogP contribution in [0.2, 0.25) is 0 Å². The molecule has 1 amide bonds. The molecular formula is C12H23N3O3S. The van der Waals surface area contributed by atoms with Crippen molar-refractivity contribution in [3.8, 4) is 0 Å². The van der Waals surface area contributed by atoms with Gasteiger partial charge in [-0.15, -0.1) is 0 Å². The van der Waals surface area contributed by atoms with Gasteiger partial charge < -0.3 is 9.80 Å². The van der Waals surface area contributed by atoms with E-state index in [1.165, 1.54) is 10.4 Å². The van der Waals surface area contributed by atoms with Crippen LogP contribution in [0.1, 0.15) is 6.42 Å². The minimum absolute atomic E-state index is 0.0987. The number of sulfonamides is 1. The van der Waals surface area contributed by atoms with Crippen molar-refractivity contribution in [2.75, 3.05) is 53.1 Å². The summed E-state index contributed by atoms with van der Waals surface area (Å²) in [5.74, 6) is 0.131. The Morgan fingerprint density at radius 3 is 2.53 bits per heavy atom. The number of hydrogen-bond donors (Lipinski definition) is 0. The standard InChI is InChI=1S/C12H23N3O3S/c1-13(2)7-4-6-12(16)14(3)9-10-15-8-5-11-19(15,17)18/h4,6H,5,7-11H2,1-3H3/b6-4+. The lowest BCUT2D eigenvalue weighted by Crippen LogP contribution is -2.36. The molecule has 0 radical (unpaired) electrons. The maximum absolute atomic E-state index is 11.7. The fourth-order valence-corrected chi connectivity index (χ4v) is 3.32. The van der Waals surface area contributed by atoms with Gasteiger partial charge in [0.2, 0.25) is 15.9 Å². The summed E-state index contributed by atoms with van der Waals surface area (Å²) in [6.07, 6.45) is 4.01. The van der Waals surface area contributed by atoms with E-state index in [9.17, 15) is 13.2 Å². The Kier molecular flexibility index (Phi) is 5.96. The van der Waals surface area contributed by atoms with Crippen LogP contribution >= 0.6 is 0 Å². The van der Waals surface area contributed by atoms with Crippen LogP contribution in [-0.2, 0) is 14.8 Å². The average molecular weight is 289 g/mol. The average Bonchev–Trinajstić information content (AvgIpc) is 2.64. The second-order valence-electron chi connectivity index (χ2n) is 4.99. The monoisotopic (exact) mass is 289 g/mol. The molecule has 6 nitrogen and oxygen atoms in total. The van der Waals surface area contributed by atoms with Crippen molar-refractivity contribution in [2.45, 2.75) is 6.42 Å². The summed E-state index contributed by atoms with van der Waals surface area (Å²) in [4.78, 5) is 15.2. The van der Waals surface area contributed by atoms with Gasteiger partial charge in [-0.25, -0.2) is 12.7 Å². The summed E-state index contributed by atoms with van der Waals surface area (Å²) >= 11 is 0. The summed E-state index contributed by atoms with van der Waals surface area (Å²) < 4.78 is 24.6. The van der Waals surface area contributed by atoms with E-state index >= 15 is 0 Å². The SMILES string of the molecule is CN(C)C/C=C/C(=O)N(C)CCN1CCCS1(=O)=O. The summed E-state index contributed by atoms with van der Waals surface area (Å²) in [5.41, 5.74) is 0. The van der Waals surface area contributed by atoms with Crippen molar-refractivity contribution in [3.05, 3.63) is 12.2 Å². The molecule has 1 fully saturated rings. The van der Waals surface area contributed by atoms with Crippen molar-refractivity contribution in [1.29, 1.82) is 0 Å². The zero-order valence-electron chi connectivity index (χ0n) is 11.9.